The Morgan fingerprint density at radius 3 is 1.81 bits per heavy atom. The third kappa shape index (κ3) is 67.9. The molecule has 0 aliphatic heterocycles. The van der Waals surface area contributed by atoms with Gasteiger partial charge in [0.1, 0.15) is 0 Å². The van der Waals surface area contributed by atoms with Crippen molar-refractivity contribution in [2.45, 2.75) is 26.7 Å². The first-order valence-corrected chi connectivity index (χ1v) is 7.19. The van der Waals surface area contributed by atoms with Crippen LogP contribution in [0, 0.1) is 10.1 Å². The zero-order valence-corrected chi connectivity index (χ0v) is 10.8. The van der Waals surface area contributed by atoms with Crippen molar-refractivity contribution in [1.29, 1.82) is 0 Å². The van der Waals surface area contributed by atoms with Gasteiger partial charge in [-0.1, -0.05) is 0 Å². The van der Waals surface area contributed by atoms with Gasteiger partial charge in [0.05, 0.1) is 0 Å². The van der Waals surface area contributed by atoms with Crippen molar-refractivity contribution in [3.8, 4) is 0 Å². The average molecular weight is 281 g/mol. The first-order chi connectivity index (χ1) is 7.21. The SMILES string of the molecule is CCCC[O][Ti]([OH])([OH])[OH].CCO.O=[N+]([O-])O. The van der Waals surface area contributed by atoms with Crippen LogP contribution in [0.5, 0.6) is 0 Å². The van der Waals surface area contributed by atoms with Crippen LogP contribution in [0.3, 0.4) is 0 Å². The van der Waals surface area contributed by atoms with Gasteiger partial charge in [-0.2, -0.15) is 0 Å². The fourth-order valence-corrected chi connectivity index (χ4v) is 1.01. The van der Waals surface area contributed by atoms with Crippen LogP contribution in [0.25, 0.3) is 0 Å². The van der Waals surface area contributed by atoms with Crippen LogP contribution in [0.15, 0.2) is 0 Å². The number of nitrogens with zero attached hydrogens (tertiary/aromatic N) is 1. The van der Waals surface area contributed by atoms with Crippen molar-refractivity contribution in [3.63, 3.8) is 0 Å². The monoisotopic (exact) mass is 281 g/mol. The molecular weight excluding hydrogens is 262 g/mol. The van der Waals surface area contributed by atoms with Gasteiger partial charge in [0, 0.05) is 6.61 Å². The molecule has 0 aliphatic carbocycles. The van der Waals surface area contributed by atoms with E-state index in [9.17, 15) is 0 Å². The van der Waals surface area contributed by atoms with Gasteiger partial charge < -0.3 is 10.3 Å². The van der Waals surface area contributed by atoms with E-state index in [-0.39, 0.29) is 13.2 Å². The van der Waals surface area contributed by atoms with Crippen LogP contribution in [-0.2, 0) is 21.5 Å². The minimum absolute atomic E-state index is 0.236. The van der Waals surface area contributed by atoms with E-state index in [1.807, 2.05) is 6.92 Å². The zero-order valence-electron chi connectivity index (χ0n) is 9.24. The molecule has 5 N–H and O–H groups in total. The van der Waals surface area contributed by atoms with Crippen LogP contribution in [-0.4, -0.2) is 39.7 Å². The molecule has 0 aliphatic rings. The van der Waals surface area contributed by atoms with E-state index in [1.54, 1.807) is 6.92 Å². The Morgan fingerprint density at radius 2 is 1.62 bits per heavy atom. The van der Waals surface area contributed by atoms with Gasteiger partial charge in [0.15, 0.2) is 0 Å². The van der Waals surface area contributed by atoms with Gasteiger partial charge in [-0.3, -0.25) is 0 Å². The van der Waals surface area contributed by atoms with Crippen molar-refractivity contribution in [2.24, 2.45) is 0 Å². The Bertz CT molecular complexity index is 146. The fraction of sp³-hybridized carbons (Fsp3) is 1.00. The number of unbranched alkanes of at least 4 members (excludes halogenated alkanes) is 1. The Balaban J connectivity index is -0.000000201. The normalized spacial score (nSPS) is 9.38. The summed E-state index contributed by atoms with van der Waals surface area (Å²) in [5, 5.41) is 21.2. The topological polar surface area (TPSA) is 154 Å². The van der Waals surface area contributed by atoms with Crippen LogP contribution < -0.4 is 0 Å². The first-order valence-electron chi connectivity index (χ1n) is 4.46. The van der Waals surface area contributed by atoms with E-state index in [1.165, 1.54) is 0 Å². The summed E-state index contributed by atoms with van der Waals surface area (Å²) in [6.45, 7) is 4.12. The van der Waals surface area contributed by atoms with Crippen molar-refractivity contribution >= 4 is 0 Å². The molecule has 0 unspecified atom stereocenters. The quantitative estimate of drug-likeness (QED) is 0.195. The largest absolute Gasteiger partial charge is 0.397 e. The summed E-state index contributed by atoms with van der Waals surface area (Å²) < 4.78 is 29.3. The second kappa shape index (κ2) is 14.7. The Morgan fingerprint density at radius 1 is 1.31 bits per heavy atom. The van der Waals surface area contributed by atoms with Gasteiger partial charge in [0.2, 0.25) is 0 Å². The minimum Gasteiger partial charge on any atom is -0.397 e. The van der Waals surface area contributed by atoms with E-state index in [2.05, 4.69) is 3.32 Å². The molecule has 0 bridgehead atoms. The third-order valence-electron chi connectivity index (χ3n) is 0.794. The molecule has 0 aromatic carbocycles. The molecule has 0 saturated carbocycles. The zero-order chi connectivity index (χ0) is 13.6. The van der Waals surface area contributed by atoms with Crippen molar-refractivity contribution in [2.75, 3.05) is 13.2 Å². The van der Waals surface area contributed by atoms with E-state index >= 15 is 0 Å². The van der Waals surface area contributed by atoms with Crippen molar-refractivity contribution < 1.29 is 47.9 Å². The van der Waals surface area contributed by atoms with Crippen molar-refractivity contribution in [3.05, 3.63) is 10.1 Å². The molecule has 0 spiro atoms. The summed E-state index contributed by atoms with van der Waals surface area (Å²) in [7, 11) is 0. The molecule has 0 aromatic heterocycles. The maximum absolute atomic E-state index is 8.36. The summed E-state index contributed by atoms with van der Waals surface area (Å²) in [6.07, 6.45) is 1.66. The maximum Gasteiger partial charge on any atom is 0.291 e. The van der Waals surface area contributed by atoms with Crippen LogP contribution >= 0.6 is 0 Å². The van der Waals surface area contributed by atoms with Gasteiger partial charge in [-0.15, -0.1) is 10.1 Å². The van der Waals surface area contributed by atoms with Gasteiger partial charge in [0.25, 0.3) is 5.09 Å². The summed E-state index contributed by atoms with van der Waals surface area (Å²) in [6, 6.07) is 0. The predicted octanol–water partition coefficient (Wildman–Crippen LogP) is -0.755. The van der Waals surface area contributed by atoms with Crippen LogP contribution in [0.1, 0.15) is 26.7 Å². The Labute approximate surface area is 98.3 Å². The molecule has 0 rings (SSSR count). The third-order valence-corrected chi connectivity index (χ3v) is 1.72. The number of rotatable bonds is 4. The average Bonchev–Trinajstić information content (AvgIpc) is 2.02. The molecule has 10 heteroatoms. The predicted molar refractivity (Wildman–Crippen MR) is 49.1 cm³/mol. The number of hydrogen-bond donors (Lipinski definition) is 5. The molecule has 16 heavy (non-hydrogen) atoms. The summed E-state index contributed by atoms with van der Waals surface area (Å²) in [4.78, 5) is 8.36. The number of aliphatic hydroxyl groups excluding tert-OH is 1. The fourth-order valence-electron chi connectivity index (χ4n) is 0.353. The molecule has 0 fully saturated rings. The van der Waals surface area contributed by atoms with E-state index in [0.29, 0.717) is 0 Å². The van der Waals surface area contributed by atoms with E-state index in [0.717, 1.165) is 12.8 Å². The standard InChI is InChI=1S/C4H9O.C2H6O.HNO3.3H2O.Ti/c1-2-3-4-5;1-2-3;2-1(3)4;;;;/h2-4H2,1H3;3H,2H2,1H3;(H,2,3,4);3*1H2;/q-1;;;;;;+4/p-3. The van der Waals surface area contributed by atoms with E-state index in [4.69, 9.17) is 31.5 Å². The number of hydrogen-bond acceptors (Lipinski definition) is 7. The van der Waals surface area contributed by atoms with Gasteiger partial charge >= 0.3 is 58.9 Å². The second-order valence-electron chi connectivity index (χ2n) is 2.33. The van der Waals surface area contributed by atoms with Crippen molar-refractivity contribution in [1.82, 2.24) is 0 Å². The van der Waals surface area contributed by atoms with E-state index < -0.39 is 23.2 Å². The molecule has 0 radical (unpaired) electrons. The maximum atomic E-state index is 8.36. The molecule has 0 saturated heterocycles. The molecule has 0 atom stereocenters. The molecule has 9 nitrogen and oxygen atoms in total. The summed E-state index contributed by atoms with van der Waals surface area (Å²) in [5.74, 6) is 0. The summed E-state index contributed by atoms with van der Waals surface area (Å²) >= 11 is -4.63. The molecule has 0 aromatic rings. The smallest absolute Gasteiger partial charge is 0.291 e. The molecular formula is C6H19NO8Ti. The minimum atomic E-state index is -4.63. The Hall–Kier alpha value is -0.286. The first kappa shape index (κ1) is 21.0. The van der Waals surface area contributed by atoms with Crippen LogP contribution in [0.4, 0.5) is 0 Å². The van der Waals surface area contributed by atoms with Gasteiger partial charge in [-0.05, 0) is 6.92 Å². The second-order valence-corrected chi connectivity index (χ2v) is 4.57. The number of aliphatic hydroxyl groups is 1. The Kier molecular flexibility index (Phi) is 19.4. The van der Waals surface area contributed by atoms with Crippen LogP contribution in [0.2, 0.25) is 0 Å². The molecule has 100 valence electrons. The summed E-state index contributed by atoms with van der Waals surface area (Å²) in [5.41, 5.74) is 0. The van der Waals surface area contributed by atoms with Gasteiger partial charge in [-0.25, -0.2) is 0 Å². The molecule has 0 amide bonds. The molecule has 0 heterocycles.